The molecule has 2 aromatic rings. The quantitative estimate of drug-likeness (QED) is 0.542. The fourth-order valence-electron chi connectivity index (χ4n) is 2.11. The Bertz CT molecular complexity index is 796. The molecule has 0 aliphatic heterocycles. The van der Waals surface area contributed by atoms with E-state index in [1.54, 1.807) is 49.6 Å². The molecule has 0 bridgehead atoms. The summed E-state index contributed by atoms with van der Waals surface area (Å²) in [5.41, 5.74) is 3.46. The maximum Gasteiger partial charge on any atom is 0.259 e. The summed E-state index contributed by atoms with van der Waals surface area (Å²) < 4.78 is 15.3. The van der Waals surface area contributed by atoms with Gasteiger partial charge in [0.15, 0.2) is 0 Å². The average molecular weight is 371 g/mol. The first kappa shape index (κ1) is 19.8. The molecule has 0 heterocycles. The standard InChI is InChI=1S/C19H21N3O5/c1-25-15-6-4-13(5-7-15)11-21-22-18(23)12-20-19(24)14-8-16(26-2)10-17(9-14)27-3/h4-11H,12H2,1-3H3,(H,20,24)(H,22,23)/b21-11+. The maximum absolute atomic E-state index is 12.2. The highest BCUT2D eigenvalue weighted by molar-refractivity contribution is 5.97. The molecule has 142 valence electrons. The van der Waals surface area contributed by atoms with Gasteiger partial charge in [-0.25, -0.2) is 5.43 Å². The summed E-state index contributed by atoms with van der Waals surface area (Å²) in [7, 11) is 4.56. The van der Waals surface area contributed by atoms with Crippen molar-refractivity contribution in [2.24, 2.45) is 5.10 Å². The van der Waals surface area contributed by atoms with Crippen LogP contribution in [-0.2, 0) is 4.79 Å². The van der Waals surface area contributed by atoms with E-state index >= 15 is 0 Å². The molecule has 2 rings (SSSR count). The number of hydrogen-bond acceptors (Lipinski definition) is 6. The second-order valence-corrected chi connectivity index (χ2v) is 5.35. The first-order chi connectivity index (χ1) is 13.0. The lowest BCUT2D eigenvalue weighted by molar-refractivity contribution is -0.120. The maximum atomic E-state index is 12.2. The summed E-state index contributed by atoms with van der Waals surface area (Å²) in [4.78, 5) is 24.0. The van der Waals surface area contributed by atoms with Gasteiger partial charge in [0.1, 0.15) is 17.2 Å². The van der Waals surface area contributed by atoms with Crippen molar-refractivity contribution in [1.29, 1.82) is 0 Å². The van der Waals surface area contributed by atoms with Gasteiger partial charge in [0.25, 0.3) is 11.8 Å². The minimum Gasteiger partial charge on any atom is -0.497 e. The normalized spacial score (nSPS) is 10.3. The molecule has 0 aromatic heterocycles. The number of methoxy groups -OCH3 is 3. The highest BCUT2D eigenvalue weighted by Crippen LogP contribution is 2.22. The van der Waals surface area contributed by atoms with Crippen molar-refractivity contribution < 1.29 is 23.8 Å². The Morgan fingerprint density at radius 3 is 2.07 bits per heavy atom. The number of nitrogens with zero attached hydrogens (tertiary/aromatic N) is 1. The van der Waals surface area contributed by atoms with E-state index < -0.39 is 11.8 Å². The summed E-state index contributed by atoms with van der Waals surface area (Å²) in [6, 6.07) is 11.9. The van der Waals surface area contributed by atoms with Crippen molar-refractivity contribution in [3.8, 4) is 17.2 Å². The van der Waals surface area contributed by atoms with E-state index in [0.717, 1.165) is 11.3 Å². The third-order valence-electron chi connectivity index (χ3n) is 3.54. The zero-order valence-electron chi connectivity index (χ0n) is 15.3. The molecule has 0 aliphatic carbocycles. The molecule has 2 amide bonds. The molecule has 0 radical (unpaired) electrons. The SMILES string of the molecule is COc1ccc(/C=N/NC(=O)CNC(=O)c2cc(OC)cc(OC)c2)cc1. The van der Waals surface area contributed by atoms with Gasteiger partial charge in [0.2, 0.25) is 0 Å². The molecular weight excluding hydrogens is 350 g/mol. The number of ether oxygens (including phenoxy) is 3. The van der Waals surface area contributed by atoms with Crippen LogP contribution in [0.2, 0.25) is 0 Å². The van der Waals surface area contributed by atoms with Gasteiger partial charge in [-0.2, -0.15) is 5.10 Å². The minimum absolute atomic E-state index is 0.224. The molecule has 0 spiro atoms. The second kappa shape index (κ2) is 9.81. The van der Waals surface area contributed by atoms with Gasteiger partial charge in [0, 0.05) is 11.6 Å². The summed E-state index contributed by atoms with van der Waals surface area (Å²) in [5, 5.41) is 6.36. The van der Waals surface area contributed by atoms with E-state index in [4.69, 9.17) is 14.2 Å². The number of benzene rings is 2. The first-order valence-corrected chi connectivity index (χ1v) is 8.03. The zero-order chi connectivity index (χ0) is 19.6. The third kappa shape index (κ3) is 6.03. The Balaban J connectivity index is 1.85. The van der Waals surface area contributed by atoms with Gasteiger partial charge < -0.3 is 19.5 Å². The van der Waals surface area contributed by atoms with Crippen LogP contribution in [0, 0.1) is 0 Å². The largest absolute Gasteiger partial charge is 0.497 e. The number of hydrazone groups is 1. The van der Waals surface area contributed by atoms with Crippen molar-refractivity contribution in [2.75, 3.05) is 27.9 Å². The smallest absolute Gasteiger partial charge is 0.259 e. The number of amides is 2. The number of hydrogen-bond donors (Lipinski definition) is 2. The lowest BCUT2D eigenvalue weighted by Gasteiger charge is -2.08. The van der Waals surface area contributed by atoms with Crippen molar-refractivity contribution in [2.45, 2.75) is 0 Å². The lowest BCUT2D eigenvalue weighted by Crippen LogP contribution is -2.34. The lowest BCUT2D eigenvalue weighted by atomic mass is 10.2. The average Bonchev–Trinajstić information content (AvgIpc) is 2.72. The van der Waals surface area contributed by atoms with E-state index in [-0.39, 0.29) is 6.54 Å². The molecule has 8 nitrogen and oxygen atoms in total. The number of carbonyl (C=O) groups excluding carboxylic acids is 2. The zero-order valence-corrected chi connectivity index (χ0v) is 15.3. The summed E-state index contributed by atoms with van der Waals surface area (Å²) in [6.45, 7) is -0.224. The number of nitrogens with one attached hydrogen (secondary N) is 2. The highest BCUT2D eigenvalue weighted by atomic mass is 16.5. The number of rotatable bonds is 8. The predicted octanol–water partition coefficient (Wildman–Crippen LogP) is 1.59. The molecular formula is C19H21N3O5. The molecule has 0 saturated heterocycles. The monoisotopic (exact) mass is 371 g/mol. The molecule has 27 heavy (non-hydrogen) atoms. The fraction of sp³-hybridized carbons (Fsp3) is 0.211. The van der Waals surface area contributed by atoms with E-state index in [1.807, 2.05) is 0 Å². The van der Waals surface area contributed by atoms with Gasteiger partial charge >= 0.3 is 0 Å². The van der Waals surface area contributed by atoms with Crippen molar-refractivity contribution in [1.82, 2.24) is 10.7 Å². The second-order valence-electron chi connectivity index (χ2n) is 5.35. The highest BCUT2D eigenvalue weighted by Gasteiger charge is 2.11. The van der Waals surface area contributed by atoms with Gasteiger partial charge in [-0.3, -0.25) is 9.59 Å². The Labute approximate surface area is 157 Å². The number of carbonyl (C=O) groups is 2. The van der Waals surface area contributed by atoms with Gasteiger partial charge in [-0.05, 0) is 42.0 Å². The van der Waals surface area contributed by atoms with Crippen LogP contribution in [0.1, 0.15) is 15.9 Å². The van der Waals surface area contributed by atoms with E-state index in [0.29, 0.717) is 17.1 Å². The molecule has 0 aliphatic rings. The molecule has 0 saturated carbocycles. The van der Waals surface area contributed by atoms with Crippen LogP contribution in [0.15, 0.2) is 47.6 Å². The van der Waals surface area contributed by atoms with Gasteiger partial charge in [0.05, 0.1) is 34.1 Å². The van der Waals surface area contributed by atoms with Gasteiger partial charge in [-0.15, -0.1) is 0 Å². The van der Waals surface area contributed by atoms with Crippen LogP contribution in [0.4, 0.5) is 0 Å². The fourth-order valence-corrected chi connectivity index (χ4v) is 2.11. The van der Waals surface area contributed by atoms with Gasteiger partial charge in [-0.1, -0.05) is 0 Å². The van der Waals surface area contributed by atoms with E-state index in [1.165, 1.54) is 20.4 Å². The van der Waals surface area contributed by atoms with Crippen molar-refractivity contribution in [3.05, 3.63) is 53.6 Å². The Morgan fingerprint density at radius 2 is 1.52 bits per heavy atom. The first-order valence-electron chi connectivity index (χ1n) is 8.03. The van der Waals surface area contributed by atoms with Crippen molar-refractivity contribution in [3.63, 3.8) is 0 Å². The van der Waals surface area contributed by atoms with Crippen LogP contribution < -0.4 is 25.0 Å². The molecule has 0 unspecified atom stereocenters. The Morgan fingerprint density at radius 1 is 0.926 bits per heavy atom. The van der Waals surface area contributed by atoms with Crippen LogP contribution >= 0.6 is 0 Å². The predicted molar refractivity (Wildman–Crippen MR) is 101 cm³/mol. The van der Waals surface area contributed by atoms with Crippen LogP contribution in [-0.4, -0.2) is 45.9 Å². The third-order valence-corrected chi connectivity index (χ3v) is 3.54. The van der Waals surface area contributed by atoms with Crippen molar-refractivity contribution >= 4 is 18.0 Å². The molecule has 2 N–H and O–H groups in total. The summed E-state index contributed by atoms with van der Waals surface area (Å²) in [6.07, 6.45) is 1.49. The Kier molecular flexibility index (Phi) is 7.18. The topological polar surface area (TPSA) is 98.2 Å². The minimum atomic E-state index is -0.456. The van der Waals surface area contributed by atoms with Crippen LogP contribution in [0.3, 0.4) is 0 Å². The Hall–Kier alpha value is -3.55. The van der Waals surface area contributed by atoms with Crippen LogP contribution in [0.25, 0.3) is 0 Å². The molecule has 0 atom stereocenters. The van der Waals surface area contributed by atoms with Crippen LogP contribution in [0.5, 0.6) is 17.2 Å². The summed E-state index contributed by atoms with van der Waals surface area (Å²) >= 11 is 0. The summed E-state index contributed by atoms with van der Waals surface area (Å²) in [5.74, 6) is 0.804. The van der Waals surface area contributed by atoms with E-state index in [2.05, 4.69) is 15.8 Å². The molecule has 0 fully saturated rings. The van der Waals surface area contributed by atoms with E-state index in [9.17, 15) is 9.59 Å². The molecule has 8 heteroatoms. The molecule has 2 aromatic carbocycles.